The summed E-state index contributed by atoms with van der Waals surface area (Å²) in [6, 6.07) is 18.1. The van der Waals surface area contributed by atoms with E-state index in [1.807, 2.05) is 37.2 Å². The Bertz CT molecular complexity index is 1120. The van der Waals surface area contributed by atoms with Gasteiger partial charge in [-0.05, 0) is 42.0 Å². The van der Waals surface area contributed by atoms with Crippen molar-refractivity contribution in [3.63, 3.8) is 0 Å². The third kappa shape index (κ3) is 6.71. The summed E-state index contributed by atoms with van der Waals surface area (Å²) in [5.41, 5.74) is 2.05. The molecule has 0 spiro atoms. The lowest BCUT2D eigenvalue weighted by Crippen LogP contribution is -2.39. The lowest BCUT2D eigenvalue weighted by atomic mass is 10.1. The Balaban J connectivity index is 1.75. The van der Waals surface area contributed by atoms with Gasteiger partial charge in [-0.15, -0.1) is 11.3 Å². The molecule has 0 saturated heterocycles. The lowest BCUT2D eigenvalue weighted by Gasteiger charge is -2.19. The van der Waals surface area contributed by atoms with Crippen molar-refractivity contribution < 1.29 is 14.4 Å². The van der Waals surface area contributed by atoms with Crippen LogP contribution >= 0.6 is 22.9 Å². The van der Waals surface area contributed by atoms with E-state index >= 15 is 0 Å². The summed E-state index contributed by atoms with van der Waals surface area (Å²) in [5.74, 6) is 0.260. The van der Waals surface area contributed by atoms with Gasteiger partial charge in [-0.1, -0.05) is 47.1 Å². The molecule has 3 amide bonds. The molecule has 3 N–H and O–H groups in total. The van der Waals surface area contributed by atoms with Crippen LogP contribution in [-0.2, 0) is 9.63 Å². The summed E-state index contributed by atoms with van der Waals surface area (Å²) in [6.45, 7) is 0. The summed E-state index contributed by atoms with van der Waals surface area (Å²) >= 11 is 7.15. The van der Waals surface area contributed by atoms with E-state index in [0.717, 1.165) is 5.56 Å². The maximum Gasteiger partial charge on any atom is 0.320 e. The van der Waals surface area contributed by atoms with Crippen LogP contribution in [0.1, 0.15) is 17.2 Å². The molecule has 1 atom stereocenters. The number of halogens is 1. The average Bonchev–Trinajstić information content (AvgIpc) is 3.21. The Morgan fingerprint density at radius 1 is 1.00 bits per heavy atom. The van der Waals surface area contributed by atoms with Gasteiger partial charge in [-0.3, -0.25) is 10.1 Å². The maximum absolute atomic E-state index is 13.1. The van der Waals surface area contributed by atoms with Crippen LogP contribution in [0.15, 0.2) is 71.9 Å². The number of hydrogen-bond acceptors (Lipinski definition) is 5. The van der Waals surface area contributed by atoms with Crippen molar-refractivity contribution in [2.75, 3.05) is 31.8 Å². The molecule has 10 heteroatoms. The minimum Gasteiger partial charge on any atom is -0.397 e. The fourth-order valence-corrected chi connectivity index (χ4v) is 3.94. The van der Waals surface area contributed by atoms with Gasteiger partial charge in [0.1, 0.15) is 13.2 Å². The maximum atomic E-state index is 13.1. The minimum absolute atomic E-state index is 0.383. The minimum atomic E-state index is -0.909. The molecule has 0 aliphatic carbocycles. The van der Waals surface area contributed by atoms with Crippen molar-refractivity contribution in [3.8, 4) is 0 Å². The van der Waals surface area contributed by atoms with Gasteiger partial charge in [0.25, 0.3) is 5.91 Å². The molecule has 3 rings (SSSR count). The van der Waals surface area contributed by atoms with E-state index in [1.54, 1.807) is 48.5 Å². The number of carbonyl (C=O) groups excluding carboxylic acids is 2. The van der Waals surface area contributed by atoms with Crippen LogP contribution in [-0.4, -0.2) is 43.9 Å². The lowest BCUT2D eigenvalue weighted by molar-refractivity contribution is -0.118. The number of carbonyl (C=O) groups is 2. The third-order valence-corrected chi connectivity index (χ3v) is 5.64. The first-order valence-electron chi connectivity index (χ1n) is 9.95. The molecule has 1 heterocycles. The number of amides is 3. The van der Waals surface area contributed by atoms with Crippen molar-refractivity contribution in [3.05, 3.63) is 82.2 Å². The third-order valence-electron chi connectivity index (χ3n) is 4.49. The van der Waals surface area contributed by atoms with Gasteiger partial charge in [-0.2, -0.15) is 0 Å². The zero-order valence-electron chi connectivity index (χ0n) is 18.3. The van der Waals surface area contributed by atoms with Gasteiger partial charge >= 0.3 is 6.03 Å². The predicted molar refractivity (Wildman–Crippen MR) is 133 cm³/mol. The van der Waals surface area contributed by atoms with E-state index in [1.165, 1.54) is 18.4 Å². The van der Waals surface area contributed by atoms with E-state index in [4.69, 9.17) is 16.4 Å². The van der Waals surface area contributed by atoms with Gasteiger partial charge in [-0.25, -0.2) is 4.79 Å². The molecule has 1 unspecified atom stereocenters. The molecule has 1 aromatic heterocycles. The molecular weight excluding hydrogens is 462 g/mol. The number of benzene rings is 2. The highest BCUT2D eigenvalue weighted by Crippen LogP contribution is 2.26. The number of oxime groups is 1. The molecule has 2 aromatic carbocycles. The van der Waals surface area contributed by atoms with E-state index in [9.17, 15) is 9.59 Å². The number of rotatable bonds is 7. The highest BCUT2D eigenvalue weighted by molar-refractivity contribution is 7.20. The number of amidine groups is 1. The van der Waals surface area contributed by atoms with E-state index in [-0.39, 0.29) is 5.91 Å². The molecule has 0 fully saturated rings. The van der Waals surface area contributed by atoms with Crippen molar-refractivity contribution in [1.82, 2.24) is 10.2 Å². The zero-order valence-corrected chi connectivity index (χ0v) is 19.9. The standard InChI is InChI=1S/C23H24ClN5O3S/c1-29(2)21(28-32-3)16-9-11-17(12-10-16)25-22(30)20(15-7-5-4-6-8-15)27-23(31)26-19-14-13-18(24)33-19/h4-14,20H,1-3H3,(H,25,30)(H2,26,27,31)/b28-21+. The monoisotopic (exact) mass is 485 g/mol. The summed E-state index contributed by atoms with van der Waals surface area (Å²) in [4.78, 5) is 32.4. The number of urea groups is 1. The Morgan fingerprint density at radius 3 is 2.27 bits per heavy atom. The molecule has 0 bridgehead atoms. The van der Waals surface area contributed by atoms with E-state index < -0.39 is 12.1 Å². The van der Waals surface area contributed by atoms with Crippen LogP contribution in [0.2, 0.25) is 4.34 Å². The van der Waals surface area contributed by atoms with Crippen LogP contribution < -0.4 is 16.0 Å². The van der Waals surface area contributed by atoms with Gasteiger partial charge in [0.15, 0.2) is 5.84 Å². The first kappa shape index (κ1) is 24.1. The van der Waals surface area contributed by atoms with Crippen LogP contribution in [0.5, 0.6) is 0 Å². The number of thiophene rings is 1. The average molecular weight is 486 g/mol. The smallest absolute Gasteiger partial charge is 0.320 e. The number of anilines is 2. The van der Waals surface area contributed by atoms with Gasteiger partial charge in [0.05, 0.1) is 9.34 Å². The van der Waals surface area contributed by atoms with Crippen molar-refractivity contribution in [1.29, 1.82) is 0 Å². The largest absolute Gasteiger partial charge is 0.397 e. The fourth-order valence-electron chi connectivity index (χ4n) is 3.00. The fraction of sp³-hybridized carbons (Fsp3) is 0.174. The Kier molecular flexibility index (Phi) is 8.28. The second-order valence-electron chi connectivity index (χ2n) is 7.10. The van der Waals surface area contributed by atoms with Gasteiger partial charge in [0, 0.05) is 25.3 Å². The normalized spacial score (nSPS) is 11.9. The molecule has 172 valence electrons. The highest BCUT2D eigenvalue weighted by Gasteiger charge is 2.23. The first-order valence-corrected chi connectivity index (χ1v) is 11.1. The molecular formula is C23H24ClN5O3S. The Morgan fingerprint density at radius 2 is 1.70 bits per heavy atom. The molecule has 0 aliphatic rings. The van der Waals surface area contributed by atoms with Gasteiger partial charge in [0.2, 0.25) is 0 Å². The van der Waals surface area contributed by atoms with E-state index in [0.29, 0.717) is 26.4 Å². The molecule has 33 heavy (non-hydrogen) atoms. The molecule has 8 nitrogen and oxygen atoms in total. The van der Waals surface area contributed by atoms with Crippen LogP contribution in [0, 0.1) is 0 Å². The van der Waals surface area contributed by atoms with Gasteiger partial charge < -0.3 is 20.4 Å². The summed E-state index contributed by atoms with van der Waals surface area (Å²) < 4.78 is 0.555. The summed E-state index contributed by atoms with van der Waals surface area (Å²) in [5, 5.41) is 12.9. The molecule has 0 radical (unpaired) electrons. The SMILES string of the molecule is CO/N=C(\c1ccc(NC(=O)C(NC(=O)Nc2ccc(Cl)s2)c2ccccc2)cc1)N(C)C. The second-order valence-corrected chi connectivity index (χ2v) is 8.82. The van der Waals surface area contributed by atoms with Crippen LogP contribution in [0.25, 0.3) is 0 Å². The highest BCUT2D eigenvalue weighted by atomic mass is 35.5. The van der Waals surface area contributed by atoms with Crippen LogP contribution in [0.4, 0.5) is 15.5 Å². The summed E-state index contributed by atoms with van der Waals surface area (Å²) in [6.07, 6.45) is 0. The first-order chi connectivity index (χ1) is 15.9. The Hall–Kier alpha value is -3.56. The predicted octanol–water partition coefficient (Wildman–Crippen LogP) is 4.77. The van der Waals surface area contributed by atoms with Crippen molar-refractivity contribution in [2.24, 2.45) is 5.16 Å². The topological polar surface area (TPSA) is 95.1 Å². The number of nitrogens with zero attached hydrogens (tertiary/aromatic N) is 2. The molecule has 0 aliphatic heterocycles. The molecule has 3 aromatic rings. The van der Waals surface area contributed by atoms with Crippen molar-refractivity contribution >= 4 is 51.4 Å². The second kappa shape index (κ2) is 11.3. The van der Waals surface area contributed by atoms with E-state index in [2.05, 4.69) is 21.1 Å². The van der Waals surface area contributed by atoms with Crippen molar-refractivity contribution in [2.45, 2.75) is 6.04 Å². The molecule has 0 saturated carbocycles. The van der Waals surface area contributed by atoms with Crippen LogP contribution in [0.3, 0.4) is 0 Å². The zero-order chi connectivity index (χ0) is 23.8. The summed E-state index contributed by atoms with van der Waals surface area (Å²) in [7, 11) is 5.20. The Labute approximate surface area is 201 Å². The number of hydrogen-bond donors (Lipinski definition) is 3. The quantitative estimate of drug-likeness (QED) is 0.255. The number of nitrogens with one attached hydrogen (secondary N) is 3.